The summed E-state index contributed by atoms with van der Waals surface area (Å²) in [6, 6.07) is 0. The number of esters is 2. The van der Waals surface area contributed by atoms with Gasteiger partial charge in [0, 0.05) is 39.0 Å². The van der Waals surface area contributed by atoms with Crippen LogP contribution >= 0.6 is 0 Å². The van der Waals surface area contributed by atoms with Gasteiger partial charge in [0.2, 0.25) is 0 Å². The molecule has 0 aliphatic rings. The summed E-state index contributed by atoms with van der Waals surface area (Å²) in [4.78, 5) is 39.3. The lowest BCUT2D eigenvalue weighted by molar-refractivity contribution is -0.144. The average molecular weight is 858 g/mol. The Morgan fingerprint density at radius 1 is 0.492 bits per heavy atom. The van der Waals surface area contributed by atoms with Crippen molar-refractivity contribution >= 4 is 18.0 Å². The van der Waals surface area contributed by atoms with Gasteiger partial charge in [-0.1, -0.05) is 127 Å². The van der Waals surface area contributed by atoms with Gasteiger partial charge in [-0.15, -0.1) is 0 Å². The number of amides is 1. The lowest BCUT2D eigenvalue weighted by Gasteiger charge is -2.19. The van der Waals surface area contributed by atoms with Gasteiger partial charge in [0.05, 0.1) is 13.2 Å². The van der Waals surface area contributed by atoms with Gasteiger partial charge in [-0.2, -0.15) is 0 Å². The molecule has 9 nitrogen and oxygen atoms in total. The van der Waals surface area contributed by atoms with Crippen LogP contribution in [0.4, 0.5) is 4.79 Å². The van der Waals surface area contributed by atoms with Crippen LogP contribution in [0.15, 0.2) is 48.6 Å². The van der Waals surface area contributed by atoms with E-state index in [4.69, 9.17) is 14.2 Å². The summed E-state index contributed by atoms with van der Waals surface area (Å²) in [6.45, 7) is 8.22. The smallest absolute Gasteiger partial charge is 0.407 e. The third-order valence-corrected chi connectivity index (χ3v) is 10.6. The molecule has 9 heteroatoms. The zero-order valence-corrected chi connectivity index (χ0v) is 40.0. The molecule has 0 aromatic heterocycles. The van der Waals surface area contributed by atoms with E-state index in [-0.39, 0.29) is 18.0 Å². The zero-order chi connectivity index (χ0) is 44.5. The predicted molar refractivity (Wildman–Crippen MR) is 258 cm³/mol. The fourth-order valence-corrected chi connectivity index (χ4v) is 6.76. The largest absolute Gasteiger partial charge is 0.466 e. The molecule has 61 heavy (non-hydrogen) atoms. The van der Waals surface area contributed by atoms with Gasteiger partial charge in [-0.3, -0.25) is 9.59 Å². The van der Waals surface area contributed by atoms with E-state index in [1.807, 2.05) is 14.1 Å². The van der Waals surface area contributed by atoms with Crippen LogP contribution in [0.2, 0.25) is 0 Å². The molecule has 0 aromatic rings. The molecule has 0 fully saturated rings. The lowest BCUT2D eigenvalue weighted by Crippen LogP contribution is -2.36. The van der Waals surface area contributed by atoms with Crippen LogP contribution in [0.5, 0.6) is 0 Å². The Balaban J connectivity index is 4.19. The summed E-state index contributed by atoms with van der Waals surface area (Å²) in [6.07, 6.45) is 48.5. The number of unbranched alkanes of at least 4 members (excludes halogenated alkanes) is 18. The number of carbonyl (C=O) groups is 3. The van der Waals surface area contributed by atoms with Crippen molar-refractivity contribution in [1.29, 1.82) is 0 Å². The predicted octanol–water partition coefficient (Wildman–Crippen LogP) is 13.3. The average Bonchev–Trinajstić information content (AvgIpc) is 3.24. The van der Waals surface area contributed by atoms with Crippen molar-refractivity contribution in [3.63, 3.8) is 0 Å². The minimum absolute atomic E-state index is 0.123. The fourth-order valence-electron chi connectivity index (χ4n) is 6.76. The molecule has 0 atom stereocenters. The molecule has 0 saturated carbocycles. The third-order valence-electron chi connectivity index (χ3n) is 10.6. The monoisotopic (exact) mass is 858 g/mol. The van der Waals surface area contributed by atoms with E-state index < -0.39 is 6.09 Å². The molecule has 0 heterocycles. The van der Waals surface area contributed by atoms with E-state index in [0.717, 1.165) is 103 Å². The second-order valence-electron chi connectivity index (χ2n) is 16.9. The number of hydrogen-bond donors (Lipinski definition) is 2. The van der Waals surface area contributed by atoms with Crippen LogP contribution in [-0.4, -0.2) is 82.5 Å². The Bertz CT molecular complexity index is 1040. The quantitative estimate of drug-likeness (QED) is 0.0270. The number of likely N-dealkylation sites (N-methyl/N-ethyl adjacent to an activating group) is 1. The van der Waals surface area contributed by atoms with E-state index >= 15 is 0 Å². The molecule has 354 valence electrons. The molecular formula is C52H95N3O6. The molecule has 0 aromatic carbocycles. The van der Waals surface area contributed by atoms with E-state index in [2.05, 4.69) is 78.0 Å². The number of alkyl carbamates (subject to hydrolysis) is 1. The number of hydrogen-bond acceptors (Lipinski definition) is 8. The Morgan fingerprint density at radius 2 is 0.918 bits per heavy atom. The Labute approximate surface area is 375 Å². The number of nitrogens with zero attached hydrogens (tertiary/aromatic N) is 1. The Hall–Kier alpha value is -2.91. The number of allylic oxidation sites excluding steroid dienone is 8. The van der Waals surface area contributed by atoms with Crippen LogP contribution < -0.4 is 10.6 Å². The van der Waals surface area contributed by atoms with E-state index in [1.165, 1.54) is 77.0 Å². The van der Waals surface area contributed by atoms with Crippen molar-refractivity contribution in [3.8, 4) is 0 Å². The first-order chi connectivity index (χ1) is 29.9. The van der Waals surface area contributed by atoms with Crippen LogP contribution in [0.3, 0.4) is 0 Å². The number of nitrogens with one attached hydrogen (secondary N) is 2. The molecule has 0 spiro atoms. The molecule has 0 saturated heterocycles. The summed E-state index contributed by atoms with van der Waals surface area (Å²) >= 11 is 0. The lowest BCUT2D eigenvalue weighted by atomic mass is 10.1. The van der Waals surface area contributed by atoms with Gasteiger partial charge < -0.3 is 29.7 Å². The van der Waals surface area contributed by atoms with Crippen molar-refractivity contribution in [3.05, 3.63) is 48.6 Å². The van der Waals surface area contributed by atoms with Crippen molar-refractivity contribution in [1.82, 2.24) is 15.5 Å². The number of rotatable bonds is 45. The highest BCUT2D eigenvalue weighted by molar-refractivity contribution is 5.69. The van der Waals surface area contributed by atoms with Gasteiger partial charge >= 0.3 is 18.0 Å². The molecule has 0 radical (unpaired) electrons. The first-order valence-corrected chi connectivity index (χ1v) is 25.1. The molecular weight excluding hydrogens is 763 g/mol. The maximum absolute atomic E-state index is 12.6. The summed E-state index contributed by atoms with van der Waals surface area (Å²) in [5.74, 6) is -0.246. The minimum Gasteiger partial charge on any atom is -0.466 e. The van der Waals surface area contributed by atoms with Gasteiger partial charge in [0.15, 0.2) is 0 Å². The summed E-state index contributed by atoms with van der Waals surface area (Å²) in [7, 11) is 4.06. The SMILES string of the molecule is CCCCC/C=C\C/C=C\CCCCCCCC(=O)OCCCCC(CCCCOC(=O)CCCCCCC/C=C\C/C=C\CCCCC)OC(=O)NCCNCCN(C)C. The number of carbonyl (C=O) groups excluding carboxylic acids is 3. The molecule has 0 bridgehead atoms. The fraction of sp³-hybridized carbons (Fsp3) is 0.788. The highest BCUT2D eigenvalue weighted by Gasteiger charge is 2.15. The summed E-state index contributed by atoms with van der Waals surface area (Å²) < 4.78 is 16.8. The minimum atomic E-state index is -0.410. The standard InChI is InChI=1S/C52H95N3O6/c1-5-7-9-11-13-15-17-19-21-23-25-27-29-31-33-41-50(56)59-47-37-35-39-49(61-52(58)54-44-43-53-45-46-55(3)4)40-36-38-48-60-51(57)42-34-32-30-28-26-24-22-20-18-16-14-12-10-8-6-2/h13-16,19-22,49,53H,5-12,17-18,23-48H2,1-4H3,(H,54,58)/b15-13-,16-14-,21-19-,22-20-. The van der Waals surface area contributed by atoms with Crippen molar-refractivity contribution in [2.24, 2.45) is 0 Å². The second-order valence-corrected chi connectivity index (χ2v) is 16.9. The van der Waals surface area contributed by atoms with Gasteiger partial charge in [0.25, 0.3) is 0 Å². The van der Waals surface area contributed by atoms with Crippen molar-refractivity contribution < 1.29 is 28.6 Å². The zero-order valence-electron chi connectivity index (χ0n) is 40.0. The first kappa shape index (κ1) is 58.1. The van der Waals surface area contributed by atoms with Gasteiger partial charge in [-0.25, -0.2) is 4.79 Å². The van der Waals surface area contributed by atoms with Crippen LogP contribution in [0, 0.1) is 0 Å². The molecule has 0 aliphatic heterocycles. The molecule has 0 rings (SSSR count). The van der Waals surface area contributed by atoms with E-state index in [0.29, 0.717) is 52.0 Å². The topological polar surface area (TPSA) is 106 Å². The highest BCUT2D eigenvalue weighted by Crippen LogP contribution is 2.15. The first-order valence-electron chi connectivity index (χ1n) is 25.1. The second kappa shape index (κ2) is 48.1. The summed E-state index contributed by atoms with van der Waals surface area (Å²) in [5, 5.41) is 6.17. The Morgan fingerprint density at radius 3 is 1.36 bits per heavy atom. The highest BCUT2D eigenvalue weighted by atomic mass is 16.6. The van der Waals surface area contributed by atoms with Crippen LogP contribution in [0.25, 0.3) is 0 Å². The molecule has 1 amide bonds. The maximum atomic E-state index is 12.6. The van der Waals surface area contributed by atoms with Crippen LogP contribution in [0.1, 0.15) is 206 Å². The van der Waals surface area contributed by atoms with Gasteiger partial charge in [0.1, 0.15) is 6.10 Å². The molecule has 0 aliphatic carbocycles. The van der Waals surface area contributed by atoms with E-state index in [9.17, 15) is 14.4 Å². The molecule has 0 unspecified atom stereocenters. The normalized spacial score (nSPS) is 12.0. The van der Waals surface area contributed by atoms with Gasteiger partial charge in [-0.05, 0) is 130 Å². The maximum Gasteiger partial charge on any atom is 0.407 e. The third kappa shape index (κ3) is 48.0. The molecule has 2 N–H and O–H groups in total. The van der Waals surface area contributed by atoms with E-state index in [1.54, 1.807) is 0 Å². The van der Waals surface area contributed by atoms with Crippen LogP contribution in [-0.2, 0) is 23.8 Å². The van der Waals surface area contributed by atoms with Crippen molar-refractivity contribution in [2.45, 2.75) is 213 Å². The summed E-state index contributed by atoms with van der Waals surface area (Å²) in [5.41, 5.74) is 0. The number of ether oxygens (including phenoxy) is 3. The van der Waals surface area contributed by atoms with Crippen molar-refractivity contribution in [2.75, 3.05) is 53.5 Å². The Kier molecular flexibility index (Phi) is 45.8.